The van der Waals surface area contributed by atoms with E-state index in [0.717, 1.165) is 56.2 Å². The molecule has 3 nitrogen and oxygen atoms in total. The number of rotatable bonds is 10. The Morgan fingerprint density at radius 2 is 1.81 bits per heavy atom. The van der Waals surface area contributed by atoms with Crippen molar-refractivity contribution in [3.05, 3.63) is 48.2 Å². The number of nitrogens with one attached hydrogen (secondary N) is 1. The molecule has 1 aromatic carbocycles. The molecule has 0 saturated heterocycles. The molecule has 0 amide bonds. The van der Waals surface area contributed by atoms with Gasteiger partial charge in [0.15, 0.2) is 0 Å². The van der Waals surface area contributed by atoms with Gasteiger partial charge >= 0.3 is 0 Å². The van der Waals surface area contributed by atoms with Crippen LogP contribution in [0.3, 0.4) is 0 Å². The van der Waals surface area contributed by atoms with E-state index < -0.39 is 0 Å². The molecule has 21 heavy (non-hydrogen) atoms. The molecule has 0 atom stereocenters. The van der Waals surface area contributed by atoms with Gasteiger partial charge in [-0.25, -0.2) is 0 Å². The van der Waals surface area contributed by atoms with Gasteiger partial charge in [-0.05, 0) is 31.5 Å². The summed E-state index contributed by atoms with van der Waals surface area (Å²) in [6.07, 6.45) is 3.39. The van der Waals surface area contributed by atoms with Crippen LogP contribution in [0.15, 0.2) is 46.9 Å². The van der Waals surface area contributed by atoms with E-state index in [4.69, 9.17) is 9.15 Å². The van der Waals surface area contributed by atoms with E-state index in [2.05, 4.69) is 24.4 Å². The first-order valence-electron chi connectivity index (χ1n) is 7.82. The summed E-state index contributed by atoms with van der Waals surface area (Å²) < 4.78 is 11.4. The molecule has 1 heterocycles. The van der Waals surface area contributed by atoms with Crippen LogP contribution >= 0.6 is 0 Å². The zero-order chi connectivity index (χ0) is 14.8. The molecular weight excluding hydrogens is 262 g/mol. The molecule has 0 aliphatic rings. The number of furan rings is 1. The van der Waals surface area contributed by atoms with Crippen LogP contribution in [0.5, 0.6) is 0 Å². The average Bonchev–Trinajstić information content (AvgIpc) is 3.00. The molecule has 3 heteroatoms. The molecule has 0 fully saturated rings. The fourth-order valence-corrected chi connectivity index (χ4v) is 2.09. The van der Waals surface area contributed by atoms with Crippen molar-refractivity contribution in [1.29, 1.82) is 0 Å². The first kappa shape index (κ1) is 15.8. The Labute approximate surface area is 127 Å². The third-order valence-corrected chi connectivity index (χ3v) is 3.30. The molecule has 2 rings (SSSR count). The van der Waals surface area contributed by atoms with Crippen molar-refractivity contribution >= 4 is 0 Å². The topological polar surface area (TPSA) is 34.4 Å². The molecule has 114 valence electrons. The third kappa shape index (κ3) is 5.74. The molecule has 1 N–H and O–H groups in total. The van der Waals surface area contributed by atoms with E-state index >= 15 is 0 Å². The average molecular weight is 287 g/mol. The lowest BCUT2D eigenvalue weighted by molar-refractivity contribution is 0.128. The van der Waals surface area contributed by atoms with E-state index in [1.54, 1.807) is 0 Å². The maximum atomic E-state index is 5.84. The van der Waals surface area contributed by atoms with Gasteiger partial charge in [0, 0.05) is 18.8 Å². The van der Waals surface area contributed by atoms with Gasteiger partial charge in [0.25, 0.3) is 0 Å². The van der Waals surface area contributed by atoms with Crippen molar-refractivity contribution in [1.82, 2.24) is 5.32 Å². The Balaban J connectivity index is 1.63. The van der Waals surface area contributed by atoms with E-state index in [9.17, 15) is 0 Å². The van der Waals surface area contributed by atoms with Crippen molar-refractivity contribution in [2.75, 3.05) is 19.8 Å². The smallest absolute Gasteiger partial charge is 0.134 e. The van der Waals surface area contributed by atoms with Crippen molar-refractivity contribution in [3.8, 4) is 11.3 Å². The fourth-order valence-electron chi connectivity index (χ4n) is 2.09. The largest absolute Gasteiger partial charge is 0.460 e. The summed E-state index contributed by atoms with van der Waals surface area (Å²) in [5, 5.41) is 3.38. The van der Waals surface area contributed by atoms with E-state index in [0.29, 0.717) is 0 Å². The van der Waals surface area contributed by atoms with Gasteiger partial charge in [0.2, 0.25) is 0 Å². The lowest BCUT2D eigenvalue weighted by atomic mass is 10.2. The number of unbranched alkanes of at least 4 members (excludes halogenated alkanes) is 1. The maximum absolute atomic E-state index is 5.84. The molecule has 0 spiro atoms. The van der Waals surface area contributed by atoms with Crippen LogP contribution in [-0.2, 0) is 11.3 Å². The molecule has 0 unspecified atom stereocenters. The normalized spacial score (nSPS) is 10.9. The van der Waals surface area contributed by atoms with Crippen LogP contribution in [0.1, 0.15) is 31.9 Å². The van der Waals surface area contributed by atoms with E-state index in [1.807, 2.05) is 30.3 Å². The number of hydrogen-bond acceptors (Lipinski definition) is 3. The predicted molar refractivity (Wildman–Crippen MR) is 86.2 cm³/mol. The maximum Gasteiger partial charge on any atom is 0.134 e. The molecule has 0 saturated carbocycles. The summed E-state index contributed by atoms with van der Waals surface area (Å²) >= 11 is 0. The SMILES string of the molecule is CCCCOCCCNCc1ccc(-c2ccccc2)o1. The van der Waals surface area contributed by atoms with Gasteiger partial charge in [0.1, 0.15) is 11.5 Å². The van der Waals surface area contributed by atoms with Gasteiger partial charge < -0.3 is 14.5 Å². The molecule has 0 aliphatic heterocycles. The highest BCUT2D eigenvalue weighted by Crippen LogP contribution is 2.21. The van der Waals surface area contributed by atoms with Crippen molar-refractivity contribution in [2.24, 2.45) is 0 Å². The van der Waals surface area contributed by atoms with Crippen molar-refractivity contribution < 1.29 is 9.15 Å². The van der Waals surface area contributed by atoms with Gasteiger partial charge in [0.05, 0.1) is 6.54 Å². The summed E-state index contributed by atoms with van der Waals surface area (Å²) in [6.45, 7) is 5.61. The van der Waals surface area contributed by atoms with Crippen LogP contribution in [0.4, 0.5) is 0 Å². The lowest BCUT2D eigenvalue weighted by Crippen LogP contribution is -2.16. The van der Waals surface area contributed by atoms with Gasteiger partial charge in [-0.3, -0.25) is 0 Å². The van der Waals surface area contributed by atoms with E-state index in [1.165, 1.54) is 6.42 Å². The number of ether oxygens (including phenoxy) is 1. The molecule has 0 radical (unpaired) electrons. The van der Waals surface area contributed by atoms with Gasteiger partial charge in [-0.2, -0.15) is 0 Å². The summed E-state index contributed by atoms with van der Waals surface area (Å²) in [5.41, 5.74) is 1.12. The first-order chi connectivity index (χ1) is 10.4. The molecule has 1 aromatic heterocycles. The van der Waals surface area contributed by atoms with Gasteiger partial charge in [-0.1, -0.05) is 43.7 Å². The number of hydrogen-bond donors (Lipinski definition) is 1. The highest BCUT2D eigenvalue weighted by atomic mass is 16.5. The Bertz CT molecular complexity index is 493. The zero-order valence-electron chi connectivity index (χ0n) is 12.8. The van der Waals surface area contributed by atoms with Crippen molar-refractivity contribution in [2.45, 2.75) is 32.7 Å². The van der Waals surface area contributed by atoms with E-state index in [-0.39, 0.29) is 0 Å². The Morgan fingerprint density at radius 1 is 1.00 bits per heavy atom. The first-order valence-corrected chi connectivity index (χ1v) is 7.82. The second-order valence-corrected chi connectivity index (χ2v) is 5.13. The molecule has 0 bridgehead atoms. The van der Waals surface area contributed by atoms with Crippen LogP contribution in [0, 0.1) is 0 Å². The minimum absolute atomic E-state index is 0.766. The van der Waals surface area contributed by atoms with Crippen molar-refractivity contribution in [3.63, 3.8) is 0 Å². The fraction of sp³-hybridized carbons (Fsp3) is 0.444. The quantitative estimate of drug-likeness (QED) is 0.664. The Hall–Kier alpha value is -1.58. The van der Waals surface area contributed by atoms with Crippen LogP contribution < -0.4 is 5.32 Å². The molecule has 0 aliphatic carbocycles. The minimum atomic E-state index is 0.766. The molecular formula is C18H25NO2. The lowest BCUT2D eigenvalue weighted by Gasteiger charge is -2.04. The predicted octanol–water partition coefficient (Wildman–Crippen LogP) is 4.24. The summed E-state index contributed by atoms with van der Waals surface area (Å²) in [7, 11) is 0. The highest BCUT2D eigenvalue weighted by molar-refractivity contribution is 5.57. The Kier molecular flexibility index (Phi) is 7.05. The van der Waals surface area contributed by atoms with Crippen LogP contribution in [-0.4, -0.2) is 19.8 Å². The Morgan fingerprint density at radius 3 is 2.62 bits per heavy atom. The van der Waals surface area contributed by atoms with Crippen LogP contribution in [0.2, 0.25) is 0 Å². The zero-order valence-corrected chi connectivity index (χ0v) is 12.8. The highest BCUT2D eigenvalue weighted by Gasteiger charge is 2.03. The monoisotopic (exact) mass is 287 g/mol. The summed E-state index contributed by atoms with van der Waals surface area (Å²) in [5.74, 6) is 1.90. The van der Waals surface area contributed by atoms with Gasteiger partial charge in [-0.15, -0.1) is 0 Å². The van der Waals surface area contributed by atoms with Crippen LogP contribution in [0.25, 0.3) is 11.3 Å². The number of benzene rings is 1. The second kappa shape index (κ2) is 9.37. The second-order valence-electron chi connectivity index (χ2n) is 5.13. The molecule has 2 aromatic rings. The summed E-state index contributed by atoms with van der Waals surface area (Å²) in [6, 6.07) is 14.2. The third-order valence-electron chi connectivity index (χ3n) is 3.30. The standard InChI is InChI=1S/C18H25NO2/c1-2-3-13-20-14-7-12-19-15-17-10-11-18(21-17)16-8-5-4-6-9-16/h4-6,8-11,19H,2-3,7,12-15H2,1H3. The minimum Gasteiger partial charge on any atom is -0.460 e. The summed E-state index contributed by atoms with van der Waals surface area (Å²) in [4.78, 5) is 0.